The molecule has 0 amide bonds. The minimum atomic E-state index is -1.02. The first-order valence-corrected chi connectivity index (χ1v) is 4.81. The van der Waals surface area contributed by atoms with Crippen LogP contribution in [0.15, 0.2) is 6.07 Å². The van der Waals surface area contributed by atoms with Crippen LogP contribution in [0.25, 0.3) is 0 Å². The smallest absolute Gasteiger partial charge is 0.354 e. The minimum absolute atomic E-state index is 0.0546. The summed E-state index contributed by atoms with van der Waals surface area (Å²) in [7, 11) is 1.55. The van der Waals surface area contributed by atoms with Crippen LogP contribution in [-0.4, -0.2) is 28.2 Å². The Bertz CT molecular complexity index is 388. The van der Waals surface area contributed by atoms with Crippen LogP contribution in [0.1, 0.15) is 40.8 Å². The van der Waals surface area contributed by atoms with Crippen LogP contribution in [0.2, 0.25) is 0 Å². The molecule has 1 aromatic rings. The SMILES string of the molecule is COCc1cc(C(=O)O)nc(C2CC2)n1. The van der Waals surface area contributed by atoms with Gasteiger partial charge >= 0.3 is 5.97 Å². The third-order valence-corrected chi connectivity index (χ3v) is 2.25. The summed E-state index contributed by atoms with van der Waals surface area (Å²) in [6.45, 7) is 0.322. The van der Waals surface area contributed by atoms with E-state index in [0.29, 0.717) is 24.0 Å². The van der Waals surface area contributed by atoms with Crippen molar-refractivity contribution in [3.05, 3.63) is 23.3 Å². The Morgan fingerprint density at radius 1 is 1.60 bits per heavy atom. The third-order valence-electron chi connectivity index (χ3n) is 2.25. The first-order valence-electron chi connectivity index (χ1n) is 4.81. The molecule has 5 heteroatoms. The highest BCUT2D eigenvalue weighted by molar-refractivity contribution is 5.85. The van der Waals surface area contributed by atoms with Crippen molar-refractivity contribution in [2.75, 3.05) is 7.11 Å². The van der Waals surface area contributed by atoms with Gasteiger partial charge in [0.05, 0.1) is 12.3 Å². The Labute approximate surface area is 87.1 Å². The summed E-state index contributed by atoms with van der Waals surface area (Å²) in [5.41, 5.74) is 0.686. The van der Waals surface area contributed by atoms with Gasteiger partial charge in [0.2, 0.25) is 0 Å². The van der Waals surface area contributed by atoms with E-state index in [1.165, 1.54) is 6.07 Å². The lowest BCUT2D eigenvalue weighted by molar-refractivity contribution is 0.0689. The summed E-state index contributed by atoms with van der Waals surface area (Å²) < 4.78 is 4.93. The maximum absolute atomic E-state index is 10.8. The first-order chi connectivity index (χ1) is 7.20. The largest absolute Gasteiger partial charge is 0.477 e. The molecule has 1 saturated carbocycles. The topological polar surface area (TPSA) is 72.3 Å². The highest BCUT2D eigenvalue weighted by atomic mass is 16.5. The Kier molecular flexibility index (Phi) is 2.64. The highest BCUT2D eigenvalue weighted by Crippen LogP contribution is 2.38. The zero-order valence-corrected chi connectivity index (χ0v) is 8.43. The monoisotopic (exact) mass is 208 g/mol. The lowest BCUT2D eigenvalue weighted by atomic mass is 10.3. The van der Waals surface area contributed by atoms with E-state index in [-0.39, 0.29) is 5.69 Å². The second kappa shape index (κ2) is 3.94. The van der Waals surface area contributed by atoms with E-state index in [1.54, 1.807) is 7.11 Å². The molecule has 0 spiro atoms. The van der Waals surface area contributed by atoms with Gasteiger partial charge in [-0.2, -0.15) is 0 Å². The van der Waals surface area contributed by atoms with Gasteiger partial charge in [0.1, 0.15) is 5.82 Å². The van der Waals surface area contributed by atoms with Crippen molar-refractivity contribution in [3.63, 3.8) is 0 Å². The van der Waals surface area contributed by atoms with Gasteiger partial charge < -0.3 is 9.84 Å². The number of nitrogens with zero attached hydrogens (tertiary/aromatic N) is 2. The molecule has 1 heterocycles. The number of aromatic nitrogens is 2. The van der Waals surface area contributed by atoms with Gasteiger partial charge in [-0.05, 0) is 18.9 Å². The normalized spacial score (nSPS) is 15.3. The van der Waals surface area contributed by atoms with Crippen LogP contribution in [0.3, 0.4) is 0 Å². The van der Waals surface area contributed by atoms with Crippen LogP contribution < -0.4 is 0 Å². The van der Waals surface area contributed by atoms with Crippen molar-refractivity contribution >= 4 is 5.97 Å². The van der Waals surface area contributed by atoms with Crippen molar-refractivity contribution in [2.24, 2.45) is 0 Å². The molecule has 1 aliphatic carbocycles. The lowest BCUT2D eigenvalue weighted by Gasteiger charge is -2.04. The maximum atomic E-state index is 10.8. The second-order valence-corrected chi connectivity index (χ2v) is 3.62. The van der Waals surface area contributed by atoms with Crippen LogP contribution in [0.4, 0.5) is 0 Å². The van der Waals surface area contributed by atoms with E-state index in [9.17, 15) is 4.79 Å². The number of ether oxygens (including phenoxy) is 1. The summed E-state index contributed by atoms with van der Waals surface area (Å²) in [5.74, 6) is -0.0292. The number of carboxylic acids is 1. The Balaban J connectivity index is 2.34. The summed E-state index contributed by atoms with van der Waals surface area (Å²) in [5, 5.41) is 8.87. The van der Waals surface area contributed by atoms with Crippen molar-refractivity contribution < 1.29 is 14.6 Å². The standard InChI is InChI=1S/C10H12N2O3/c1-15-5-7-4-8(10(13)14)12-9(11-7)6-2-3-6/h4,6H,2-3,5H2,1H3,(H,13,14). The predicted octanol–water partition coefficient (Wildman–Crippen LogP) is 1.20. The van der Waals surface area contributed by atoms with Gasteiger partial charge in [-0.25, -0.2) is 14.8 Å². The fourth-order valence-electron chi connectivity index (χ4n) is 1.37. The molecular weight excluding hydrogens is 196 g/mol. The quantitative estimate of drug-likeness (QED) is 0.804. The number of aromatic carboxylic acids is 1. The number of rotatable bonds is 4. The van der Waals surface area contributed by atoms with Crippen molar-refractivity contribution in [2.45, 2.75) is 25.4 Å². The molecule has 5 nitrogen and oxygen atoms in total. The molecular formula is C10H12N2O3. The van der Waals surface area contributed by atoms with E-state index in [0.717, 1.165) is 12.8 Å². The first kappa shape index (κ1) is 10.0. The molecule has 1 fully saturated rings. The summed E-state index contributed by atoms with van der Waals surface area (Å²) in [6, 6.07) is 1.46. The summed E-state index contributed by atoms with van der Waals surface area (Å²) in [6.07, 6.45) is 2.10. The van der Waals surface area contributed by atoms with Crippen molar-refractivity contribution in [3.8, 4) is 0 Å². The average molecular weight is 208 g/mol. The number of carboxylic acid groups (broad SMARTS) is 1. The fraction of sp³-hybridized carbons (Fsp3) is 0.500. The van der Waals surface area contributed by atoms with E-state index < -0.39 is 5.97 Å². The lowest BCUT2D eigenvalue weighted by Crippen LogP contribution is -2.08. The number of hydrogen-bond acceptors (Lipinski definition) is 4. The molecule has 0 bridgehead atoms. The molecule has 1 N–H and O–H groups in total. The predicted molar refractivity (Wildman–Crippen MR) is 51.7 cm³/mol. The van der Waals surface area contributed by atoms with Gasteiger partial charge in [-0.3, -0.25) is 0 Å². The van der Waals surface area contributed by atoms with Crippen LogP contribution in [-0.2, 0) is 11.3 Å². The summed E-state index contributed by atoms with van der Waals surface area (Å²) in [4.78, 5) is 19.1. The molecule has 1 aliphatic rings. The zero-order chi connectivity index (χ0) is 10.8. The number of carbonyl (C=O) groups is 1. The maximum Gasteiger partial charge on any atom is 0.354 e. The Morgan fingerprint density at radius 3 is 2.87 bits per heavy atom. The second-order valence-electron chi connectivity index (χ2n) is 3.62. The molecule has 0 unspecified atom stereocenters. The van der Waals surface area contributed by atoms with Gasteiger partial charge in [0.25, 0.3) is 0 Å². The van der Waals surface area contributed by atoms with Gasteiger partial charge in [0.15, 0.2) is 5.69 Å². The fourth-order valence-corrected chi connectivity index (χ4v) is 1.37. The Hall–Kier alpha value is -1.49. The van der Waals surface area contributed by atoms with Crippen molar-refractivity contribution in [1.82, 2.24) is 9.97 Å². The van der Waals surface area contributed by atoms with Crippen LogP contribution >= 0.6 is 0 Å². The van der Waals surface area contributed by atoms with E-state index in [1.807, 2.05) is 0 Å². The van der Waals surface area contributed by atoms with Gasteiger partial charge in [0, 0.05) is 13.0 Å². The number of hydrogen-bond donors (Lipinski definition) is 1. The molecule has 15 heavy (non-hydrogen) atoms. The van der Waals surface area contributed by atoms with Crippen LogP contribution in [0, 0.1) is 0 Å². The van der Waals surface area contributed by atoms with Crippen LogP contribution in [0.5, 0.6) is 0 Å². The van der Waals surface area contributed by atoms with E-state index in [4.69, 9.17) is 9.84 Å². The van der Waals surface area contributed by atoms with E-state index in [2.05, 4.69) is 9.97 Å². The zero-order valence-electron chi connectivity index (χ0n) is 8.43. The Morgan fingerprint density at radius 2 is 2.33 bits per heavy atom. The molecule has 0 aromatic carbocycles. The average Bonchev–Trinajstić information content (AvgIpc) is 3.01. The van der Waals surface area contributed by atoms with Crippen molar-refractivity contribution in [1.29, 1.82) is 0 Å². The van der Waals surface area contributed by atoms with Gasteiger partial charge in [-0.15, -0.1) is 0 Å². The molecule has 0 aliphatic heterocycles. The summed E-state index contributed by atoms with van der Waals surface area (Å²) >= 11 is 0. The minimum Gasteiger partial charge on any atom is -0.477 e. The molecule has 2 rings (SSSR count). The third kappa shape index (κ3) is 2.30. The molecule has 80 valence electrons. The molecule has 0 saturated heterocycles. The molecule has 0 radical (unpaired) electrons. The molecule has 1 aromatic heterocycles. The van der Waals surface area contributed by atoms with E-state index >= 15 is 0 Å². The van der Waals surface area contributed by atoms with Gasteiger partial charge in [-0.1, -0.05) is 0 Å². The number of methoxy groups -OCH3 is 1. The highest BCUT2D eigenvalue weighted by Gasteiger charge is 2.27. The molecule has 0 atom stereocenters.